The van der Waals surface area contributed by atoms with E-state index < -0.39 is 23.8 Å². The summed E-state index contributed by atoms with van der Waals surface area (Å²) < 4.78 is 42.9. The first-order valence-corrected chi connectivity index (χ1v) is 7.43. The SMILES string of the molecule is CC(=O)c1ccccc1NC(=O)[C@@H](C)Oc1ccc(C(F)(F)F)cc1. The van der Waals surface area contributed by atoms with E-state index in [0.29, 0.717) is 11.3 Å². The number of Topliss-reactive ketones (excluding diaryl/α,β-unsaturated/α-hetero) is 1. The Morgan fingerprint density at radius 1 is 1.04 bits per heavy atom. The van der Waals surface area contributed by atoms with Crippen molar-refractivity contribution in [2.24, 2.45) is 0 Å². The summed E-state index contributed by atoms with van der Waals surface area (Å²) in [5, 5.41) is 2.58. The molecule has 2 aromatic carbocycles. The van der Waals surface area contributed by atoms with Crippen LogP contribution in [0.2, 0.25) is 0 Å². The quantitative estimate of drug-likeness (QED) is 0.817. The fourth-order valence-corrected chi connectivity index (χ4v) is 2.11. The Morgan fingerprint density at radius 2 is 1.64 bits per heavy atom. The van der Waals surface area contributed by atoms with Crippen LogP contribution in [0.25, 0.3) is 0 Å². The first kappa shape index (κ1) is 18.5. The molecule has 0 bridgehead atoms. The molecule has 132 valence electrons. The lowest BCUT2D eigenvalue weighted by molar-refractivity contribution is -0.137. The summed E-state index contributed by atoms with van der Waals surface area (Å²) in [5.41, 5.74) is -0.0900. The molecule has 0 fully saturated rings. The van der Waals surface area contributed by atoms with Gasteiger partial charge in [0.05, 0.1) is 11.3 Å². The molecule has 0 saturated carbocycles. The van der Waals surface area contributed by atoms with Gasteiger partial charge in [-0.25, -0.2) is 0 Å². The van der Waals surface area contributed by atoms with E-state index in [9.17, 15) is 22.8 Å². The molecule has 0 aliphatic heterocycles. The second kappa shape index (κ2) is 7.38. The minimum Gasteiger partial charge on any atom is -0.481 e. The second-order valence-corrected chi connectivity index (χ2v) is 5.37. The normalized spacial score (nSPS) is 12.4. The summed E-state index contributed by atoms with van der Waals surface area (Å²) in [5.74, 6) is -0.587. The maximum absolute atomic E-state index is 12.5. The van der Waals surface area contributed by atoms with Gasteiger partial charge in [0.25, 0.3) is 5.91 Å². The molecule has 0 aliphatic carbocycles. The van der Waals surface area contributed by atoms with Gasteiger partial charge in [0.15, 0.2) is 11.9 Å². The number of rotatable bonds is 5. The molecule has 2 rings (SSSR count). The van der Waals surface area contributed by atoms with Crippen molar-refractivity contribution in [2.45, 2.75) is 26.1 Å². The molecule has 1 amide bonds. The van der Waals surface area contributed by atoms with E-state index in [-0.39, 0.29) is 11.5 Å². The molecular formula is C18H16F3NO3. The van der Waals surface area contributed by atoms with Gasteiger partial charge >= 0.3 is 6.18 Å². The number of hydrogen-bond donors (Lipinski definition) is 1. The lowest BCUT2D eigenvalue weighted by atomic mass is 10.1. The molecule has 0 saturated heterocycles. The number of anilines is 1. The summed E-state index contributed by atoms with van der Waals surface area (Å²) >= 11 is 0. The number of carbonyl (C=O) groups is 2. The van der Waals surface area contributed by atoms with Gasteiger partial charge in [-0.15, -0.1) is 0 Å². The molecule has 0 unspecified atom stereocenters. The Bertz CT molecular complexity index is 770. The number of benzene rings is 2. The largest absolute Gasteiger partial charge is 0.481 e. The van der Waals surface area contributed by atoms with Crippen molar-refractivity contribution in [3.05, 3.63) is 59.7 Å². The number of ketones is 1. The van der Waals surface area contributed by atoms with E-state index in [0.717, 1.165) is 24.3 Å². The summed E-state index contributed by atoms with van der Waals surface area (Å²) in [6.07, 6.45) is -5.39. The number of carbonyl (C=O) groups excluding carboxylic acids is 2. The highest BCUT2D eigenvalue weighted by atomic mass is 19.4. The van der Waals surface area contributed by atoms with Gasteiger partial charge in [0.2, 0.25) is 0 Å². The molecule has 0 radical (unpaired) electrons. The van der Waals surface area contributed by atoms with E-state index in [2.05, 4.69) is 5.32 Å². The van der Waals surface area contributed by atoms with E-state index in [4.69, 9.17) is 4.74 Å². The zero-order valence-electron chi connectivity index (χ0n) is 13.6. The van der Waals surface area contributed by atoms with Gasteiger partial charge in [0, 0.05) is 5.56 Å². The summed E-state index contributed by atoms with van der Waals surface area (Å²) in [7, 11) is 0. The molecule has 7 heteroatoms. The highest BCUT2D eigenvalue weighted by Gasteiger charge is 2.30. The Kier molecular flexibility index (Phi) is 5.46. The lowest BCUT2D eigenvalue weighted by Crippen LogP contribution is -2.30. The number of para-hydroxylation sites is 1. The highest BCUT2D eigenvalue weighted by Crippen LogP contribution is 2.30. The third kappa shape index (κ3) is 4.82. The fraction of sp³-hybridized carbons (Fsp3) is 0.222. The molecule has 4 nitrogen and oxygen atoms in total. The molecule has 1 N–H and O–H groups in total. The fourth-order valence-electron chi connectivity index (χ4n) is 2.11. The molecule has 1 atom stereocenters. The zero-order chi connectivity index (χ0) is 18.6. The Labute approximate surface area is 142 Å². The Balaban J connectivity index is 2.05. The van der Waals surface area contributed by atoms with E-state index in [1.54, 1.807) is 24.3 Å². The number of amides is 1. The van der Waals surface area contributed by atoms with Crippen molar-refractivity contribution in [3.63, 3.8) is 0 Å². The molecular weight excluding hydrogens is 335 g/mol. The summed E-state index contributed by atoms with van der Waals surface area (Å²) in [6, 6.07) is 10.6. The number of nitrogens with one attached hydrogen (secondary N) is 1. The maximum atomic E-state index is 12.5. The monoisotopic (exact) mass is 351 g/mol. The molecule has 0 aliphatic rings. The van der Waals surface area contributed by atoms with Gasteiger partial charge < -0.3 is 10.1 Å². The minimum atomic E-state index is -4.43. The van der Waals surface area contributed by atoms with Crippen LogP contribution in [0.3, 0.4) is 0 Å². The van der Waals surface area contributed by atoms with Crippen LogP contribution in [0.5, 0.6) is 5.75 Å². The van der Waals surface area contributed by atoms with Crippen LogP contribution >= 0.6 is 0 Å². The second-order valence-electron chi connectivity index (χ2n) is 5.37. The van der Waals surface area contributed by atoms with Crippen molar-refractivity contribution in [1.29, 1.82) is 0 Å². The van der Waals surface area contributed by atoms with Crippen LogP contribution in [-0.4, -0.2) is 17.8 Å². The predicted octanol–water partition coefficient (Wildman–Crippen LogP) is 4.31. The average Bonchev–Trinajstić information content (AvgIpc) is 2.54. The maximum Gasteiger partial charge on any atom is 0.416 e. The Morgan fingerprint density at radius 3 is 2.20 bits per heavy atom. The standard InChI is InChI=1S/C18H16F3NO3/c1-11(23)15-5-3-4-6-16(15)22-17(24)12(2)25-14-9-7-13(8-10-14)18(19,20)21/h3-10,12H,1-2H3,(H,22,24)/t12-/m1/s1. The number of ether oxygens (including phenoxy) is 1. The molecule has 2 aromatic rings. The van der Waals surface area contributed by atoms with Crippen molar-refractivity contribution >= 4 is 17.4 Å². The van der Waals surface area contributed by atoms with Gasteiger partial charge in [-0.3, -0.25) is 9.59 Å². The van der Waals surface area contributed by atoms with Crippen molar-refractivity contribution in [2.75, 3.05) is 5.32 Å². The molecule has 0 aromatic heterocycles. The summed E-state index contributed by atoms with van der Waals surface area (Å²) in [4.78, 5) is 23.7. The van der Waals surface area contributed by atoms with Crippen molar-refractivity contribution in [3.8, 4) is 5.75 Å². The minimum absolute atomic E-state index is 0.135. The van der Waals surface area contributed by atoms with Crippen molar-refractivity contribution < 1.29 is 27.5 Å². The van der Waals surface area contributed by atoms with E-state index >= 15 is 0 Å². The van der Waals surface area contributed by atoms with Crippen LogP contribution in [0.15, 0.2) is 48.5 Å². The first-order chi connectivity index (χ1) is 11.7. The number of alkyl halides is 3. The Hall–Kier alpha value is -2.83. The zero-order valence-corrected chi connectivity index (χ0v) is 13.6. The van der Waals surface area contributed by atoms with E-state index in [1.807, 2.05) is 0 Å². The van der Waals surface area contributed by atoms with Gasteiger partial charge in [-0.2, -0.15) is 13.2 Å². The van der Waals surface area contributed by atoms with Crippen LogP contribution in [0.4, 0.5) is 18.9 Å². The van der Waals surface area contributed by atoms with Crippen LogP contribution in [0.1, 0.15) is 29.8 Å². The summed E-state index contributed by atoms with van der Waals surface area (Å²) in [6.45, 7) is 2.84. The molecule has 0 spiro atoms. The highest BCUT2D eigenvalue weighted by molar-refractivity contribution is 6.04. The van der Waals surface area contributed by atoms with Gasteiger partial charge in [-0.05, 0) is 50.2 Å². The third-order valence-corrected chi connectivity index (χ3v) is 3.43. The van der Waals surface area contributed by atoms with Gasteiger partial charge in [0.1, 0.15) is 5.75 Å². The van der Waals surface area contributed by atoms with Crippen LogP contribution < -0.4 is 10.1 Å². The number of hydrogen-bond acceptors (Lipinski definition) is 3. The van der Waals surface area contributed by atoms with Crippen molar-refractivity contribution in [1.82, 2.24) is 0 Å². The van der Waals surface area contributed by atoms with E-state index in [1.165, 1.54) is 13.8 Å². The molecule has 25 heavy (non-hydrogen) atoms. The predicted molar refractivity (Wildman–Crippen MR) is 86.6 cm³/mol. The average molecular weight is 351 g/mol. The number of halogens is 3. The van der Waals surface area contributed by atoms with Crippen LogP contribution in [-0.2, 0) is 11.0 Å². The first-order valence-electron chi connectivity index (χ1n) is 7.43. The molecule has 0 heterocycles. The van der Waals surface area contributed by atoms with Crippen LogP contribution in [0, 0.1) is 0 Å². The van der Waals surface area contributed by atoms with Gasteiger partial charge in [-0.1, -0.05) is 12.1 Å². The smallest absolute Gasteiger partial charge is 0.416 e. The lowest BCUT2D eigenvalue weighted by Gasteiger charge is -2.16. The topological polar surface area (TPSA) is 55.4 Å². The third-order valence-electron chi connectivity index (χ3n) is 3.43.